The number of amides is 1. The zero-order valence-corrected chi connectivity index (χ0v) is 28.5. The van der Waals surface area contributed by atoms with Crippen molar-refractivity contribution in [3.8, 4) is 11.5 Å². The summed E-state index contributed by atoms with van der Waals surface area (Å²) in [5, 5.41) is 25.1. The van der Waals surface area contributed by atoms with Crippen LogP contribution >= 0.6 is 0 Å². The van der Waals surface area contributed by atoms with Crippen LogP contribution in [0.2, 0.25) is 0 Å². The Morgan fingerprint density at radius 1 is 0.900 bits per heavy atom. The zero-order chi connectivity index (χ0) is 35.6. The fourth-order valence-electron chi connectivity index (χ4n) is 6.23. The van der Waals surface area contributed by atoms with Crippen LogP contribution in [0.25, 0.3) is 11.2 Å². The van der Waals surface area contributed by atoms with Crippen molar-refractivity contribution in [3.63, 3.8) is 0 Å². The number of hydrogen-bond acceptors (Lipinski definition) is 10. The number of hydrogen-bond donors (Lipinski definition) is 4. The number of anilines is 1. The number of carbonyl (C=O) groups is 1. The van der Waals surface area contributed by atoms with Crippen LogP contribution in [0.1, 0.15) is 36.4 Å². The van der Waals surface area contributed by atoms with Gasteiger partial charge in [-0.25, -0.2) is 4.98 Å². The summed E-state index contributed by atoms with van der Waals surface area (Å²) in [6.45, 7) is 5.06. The Kier molecular flexibility index (Phi) is 10.0. The van der Waals surface area contributed by atoms with Crippen molar-refractivity contribution in [1.29, 1.82) is 0 Å². The topological polar surface area (TPSA) is 170 Å². The van der Waals surface area contributed by atoms with Crippen LogP contribution in [-0.4, -0.2) is 80.9 Å². The number of aliphatic hydroxyl groups is 2. The highest BCUT2D eigenvalue weighted by Crippen LogP contribution is 2.42. The van der Waals surface area contributed by atoms with E-state index in [9.17, 15) is 19.8 Å². The van der Waals surface area contributed by atoms with E-state index in [0.29, 0.717) is 17.3 Å². The largest absolute Gasteiger partial charge is 0.497 e. The average molecular weight is 684 g/mol. The number of aromatic amines is 1. The minimum atomic E-state index is -1.30. The number of ether oxygens (including phenoxy) is 4. The van der Waals surface area contributed by atoms with Gasteiger partial charge in [0.1, 0.15) is 47.3 Å². The number of carbonyl (C=O) groups excluding carboxylic acids is 1. The molecule has 50 heavy (non-hydrogen) atoms. The van der Waals surface area contributed by atoms with Gasteiger partial charge in [-0.3, -0.25) is 19.9 Å². The highest BCUT2D eigenvalue weighted by atomic mass is 16.6. The molecule has 13 heteroatoms. The number of benzene rings is 3. The fraction of sp³-hybridized carbons (Fsp3) is 0.351. The van der Waals surface area contributed by atoms with E-state index in [1.54, 1.807) is 39.6 Å². The second kappa shape index (κ2) is 14.4. The molecule has 0 radical (unpaired) electrons. The van der Waals surface area contributed by atoms with E-state index in [1.807, 2.05) is 78.9 Å². The molecule has 1 fully saturated rings. The third-order valence-electron chi connectivity index (χ3n) is 9.02. The van der Waals surface area contributed by atoms with Crippen molar-refractivity contribution in [2.75, 3.05) is 26.1 Å². The zero-order valence-electron chi connectivity index (χ0n) is 28.5. The number of rotatable bonds is 12. The first-order valence-electron chi connectivity index (χ1n) is 16.3. The molecule has 4 N–H and O–H groups in total. The summed E-state index contributed by atoms with van der Waals surface area (Å²) in [7, 11) is 3.21. The van der Waals surface area contributed by atoms with Crippen molar-refractivity contribution in [2.45, 2.75) is 57.3 Å². The lowest BCUT2D eigenvalue weighted by Gasteiger charge is -2.37. The van der Waals surface area contributed by atoms with Crippen LogP contribution in [0.5, 0.6) is 11.5 Å². The van der Waals surface area contributed by atoms with Crippen LogP contribution in [0, 0.1) is 12.8 Å². The molecule has 1 aliphatic rings. The van der Waals surface area contributed by atoms with Crippen molar-refractivity contribution < 1.29 is 34.0 Å². The Morgan fingerprint density at radius 3 is 2.02 bits per heavy atom. The first kappa shape index (κ1) is 34.8. The summed E-state index contributed by atoms with van der Waals surface area (Å²) in [5.74, 6) is 1.14. The quantitative estimate of drug-likeness (QED) is 0.143. The molecule has 3 aromatic carbocycles. The molecule has 1 aliphatic heterocycles. The molecule has 0 bridgehead atoms. The molecule has 1 amide bonds. The number of methoxy groups -OCH3 is 2. The molecule has 1 saturated heterocycles. The predicted molar refractivity (Wildman–Crippen MR) is 185 cm³/mol. The molecule has 2 aromatic heterocycles. The van der Waals surface area contributed by atoms with Gasteiger partial charge in [0.05, 0.1) is 27.4 Å². The van der Waals surface area contributed by atoms with E-state index in [2.05, 4.69) is 20.3 Å². The molecule has 6 rings (SSSR count). The number of aliphatic hydroxyl groups excluding tert-OH is 2. The number of imidazole rings is 1. The van der Waals surface area contributed by atoms with Crippen molar-refractivity contribution in [1.82, 2.24) is 19.5 Å². The molecule has 13 nitrogen and oxygen atoms in total. The van der Waals surface area contributed by atoms with E-state index < -0.39 is 35.6 Å². The number of aryl methyl sites for hydroxylation is 1. The van der Waals surface area contributed by atoms with Gasteiger partial charge in [-0.2, -0.15) is 4.98 Å². The molecule has 5 aromatic rings. The highest BCUT2D eigenvalue weighted by Gasteiger charge is 2.46. The summed E-state index contributed by atoms with van der Waals surface area (Å²) in [5.41, 5.74) is 1.03. The molecule has 3 heterocycles. The molecule has 0 aliphatic carbocycles. The number of nitrogens with zero attached hydrogens (tertiary/aromatic N) is 3. The van der Waals surface area contributed by atoms with Gasteiger partial charge in [-0.05, 0) is 47.9 Å². The van der Waals surface area contributed by atoms with Gasteiger partial charge in [0.2, 0.25) is 11.9 Å². The monoisotopic (exact) mass is 683 g/mol. The Bertz CT molecular complexity index is 1950. The third kappa shape index (κ3) is 6.60. The fourth-order valence-corrected chi connectivity index (χ4v) is 6.23. The van der Waals surface area contributed by atoms with Crippen LogP contribution in [0.15, 0.2) is 83.7 Å². The van der Waals surface area contributed by atoms with Gasteiger partial charge in [-0.15, -0.1) is 0 Å². The second-order valence-electron chi connectivity index (χ2n) is 12.5. The van der Waals surface area contributed by atoms with Crippen molar-refractivity contribution >= 4 is 23.0 Å². The van der Waals surface area contributed by atoms with Gasteiger partial charge >= 0.3 is 0 Å². The molecular formula is C37H41N5O8. The van der Waals surface area contributed by atoms with Crippen LogP contribution in [0.3, 0.4) is 0 Å². The molecule has 0 spiro atoms. The second-order valence-corrected chi connectivity index (χ2v) is 12.5. The smallest absolute Gasteiger partial charge is 0.280 e. The lowest BCUT2D eigenvalue weighted by molar-refractivity contribution is -0.118. The molecule has 0 saturated carbocycles. The van der Waals surface area contributed by atoms with Crippen LogP contribution in [0.4, 0.5) is 5.95 Å². The number of fused-ring (bicyclic) bond motifs is 1. The maximum Gasteiger partial charge on any atom is 0.280 e. The Labute approximate surface area is 288 Å². The van der Waals surface area contributed by atoms with E-state index in [-0.39, 0.29) is 42.1 Å². The SMILES string of the molecule is COc1ccc(C(OC[C@H]2O[C@@H](Cn3c(C)nc4c(=O)[nH]c(NC(=O)C(C)C)nc43)[C@@H](O)C2O)(c2ccccc2)c2ccc(OC)cc2)cc1. The summed E-state index contributed by atoms with van der Waals surface area (Å²) in [4.78, 5) is 36.5. The summed E-state index contributed by atoms with van der Waals surface area (Å²) in [6.07, 6.45) is -4.43. The van der Waals surface area contributed by atoms with Crippen molar-refractivity contribution in [3.05, 3.63) is 112 Å². The Hall–Kier alpha value is -5.08. The summed E-state index contributed by atoms with van der Waals surface area (Å²) in [6, 6.07) is 24.9. The third-order valence-corrected chi connectivity index (χ3v) is 9.02. The number of aromatic nitrogens is 4. The maximum absolute atomic E-state index is 12.8. The van der Waals surface area contributed by atoms with Gasteiger partial charge in [0.25, 0.3) is 5.56 Å². The van der Waals surface area contributed by atoms with Gasteiger partial charge in [0.15, 0.2) is 11.2 Å². The minimum Gasteiger partial charge on any atom is -0.497 e. The lowest BCUT2D eigenvalue weighted by Crippen LogP contribution is -2.39. The van der Waals surface area contributed by atoms with Gasteiger partial charge in [-0.1, -0.05) is 68.4 Å². The van der Waals surface area contributed by atoms with E-state index in [0.717, 1.165) is 16.7 Å². The first-order valence-corrected chi connectivity index (χ1v) is 16.3. The Balaban J connectivity index is 1.32. The molecular weight excluding hydrogens is 642 g/mol. The van der Waals surface area contributed by atoms with Gasteiger partial charge < -0.3 is 33.7 Å². The van der Waals surface area contributed by atoms with E-state index >= 15 is 0 Å². The van der Waals surface area contributed by atoms with Crippen LogP contribution < -0.4 is 20.3 Å². The van der Waals surface area contributed by atoms with Gasteiger partial charge in [0, 0.05) is 5.92 Å². The normalized spacial score (nSPS) is 19.2. The number of nitrogens with one attached hydrogen (secondary N) is 2. The molecule has 1 unspecified atom stereocenters. The van der Waals surface area contributed by atoms with Crippen LogP contribution in [-0.2, 0) is 26.4 Å². The minimum absolute atomic E-state index is 0.0177. The van der Waals surface area contributed by atoms with Crippen molar-refractivity contribution in [2.24, 2.45) is 5.92 Å². The first-order chi connectivity index (χ1) is 24.0. The average Bonchev–Trinajstić information content (AvgIpc) is 3.59. The van der Waals surface area contributed by atoms with E-state index in [4.69, 9.17) is 18.9 Å². The molecule has 4 atom stereocenters. The lowest BCUT2D eigenvalue weighted by atomic mass is 9.80. The van der Waals surface area contributed by atoms with E-state index in [1.165, 1.54) is 0 Å². The summed E-state index contributed by atoms with van der Waals surface area (Å²) < 4.78 is 25.7. The highest BCUT2D eigenvalue weighted by molar-refractivity contribution is 5.91. The Morgan fingerprint density at radius 2 is 1.46 bits per heavy atom. The number of H-pyrrole nitrogens is 1. The predicted octanol–water partition coefficient (Wildman–Crippen LogP) is 3.54. The molecule has 262 valence electrons. The standard InChI is InChI=1S/C37H41N5O8/c1-21(2)34(45)40-36-39-33-30(35(46)41-36)38-22(3)42(33)19-28-31(43)32(44)29(50-28)20-49-37(23-9-7-6-8-10-23,24-11-15-26(47-4)16-12-24)25-13-17-27(48-5)18-14-25/h6-18,21,28-29,31-32,43-44H,19-20H2,1-5H3,(H2,39,40,41,45,46)/t28-,29+,31+,32?/m0/s1. The summed E-state index contributed by atoms with van der Waals surface area (Å²) >= 11 is 0. The maximum atomic E-state index is 12.8.